The maximum atomic E-state index is 11.5. The first-order chi connectivity index (χ1) is 7.74. The first-order valence-electron chi connectivity index (χ1n) is 4.49. The first-order valence-corrected chi connectivity index (χ1v) is 4.86. The summed E-state index contributed by atoms with van der Waals surface area (Å²) < 4.78 is 1.42. The summed E-state index contributed by atoms with van der Waals surface area (Å²) in [7, 11) is 0. The molecule has 0 unspecified atom stereocenters. The second-order valence-corrected chi connectivity index (χ2v) is 3.37. The number of anilines is 1. The average molecular weight is 238 g/mol. The van der Waals surface area contributed by atoms with E-state index in [9.17, 15) is 4.79 Å². The van der Waals surface area contributed by atoms with Crippen molar-refractivity contribution in [2.45, 2.75) is 6.54 Å². The Morgan fingerprint density at radius 2 is 2.38 bits per heavy atom. The molecule has 2 aromatic rings. The zero-order valence-electron chi connectivity index (χ0n) is 8.17. The lowest BCUT2D eigenvalue weighted by molar-refractivity contribution is -0.116. The van der Waals surface area contributed by atoms with Gasteiger partial charge >= 0.3 is 0 Å². The molecule has 0 spiro atoms. The molecule has 1 N–H and O–H groups in total. The van der Waals surface area contributed by atoms with E-state index in [0.29, 0.717) is 11.0 Å². The number of nitrogens with one attached hydrogen (secondary N) is 1. The predicted octanol–water partition coefficient (Wildman–Crippen LogP) is 0.965. The van der Waals surface area contributed by atoms with E-state index in [4.69, 9.17) is 11.6 Å². The summed E-state index contributed by atoms with van der Waals surface area (Å²) in [4.78, 5) is 19.2. The highest BCUT2D eigenvalue weighted by Crippen LogP contribution is 2.08. The number of nitrogens with zero attached hydrogens (tertiary/aromatic N) is 4. The Balaban J connectivity index is 1.97. The predicted molar refractivity (Wildman–Crippen MR) is 57.9 cm³/mol. The van der Waals surface area contributed by atoms with Gasteiger partial charge in [0, 0.05) is 0 Å². The summed E-state index contributed by atoms with van der Waals surface area (Å²) in [6.45, 7) is 0.0915. The van der Waals surface area contributed by atoms with E-state index < -0.39 is 0 Å². The number of carbonyl (C=O) groups is 1. The van der Waals surface area contributed by atoms with Crippen molar-refractivity contribution in [1.29, 1.82) is 0 Å². The first kappa shape index (κ1) is 10.6. The summed E-state index contributed by atoms with van der Waals surface area (Å²) >= 11 is 5.68. The van der Waals surface area contributed by atoms with Crippen LogP contribution in [0.2, 0.25) is 5.15 Å². The highest BCUT2D eigenvalue weighted by Gasteiger charge is 2.04. The number of halogens is 1. The Morgan fingerprint density at radius 3 is 3.06 bits per heavy atom. The molecule has 82 valence electrons. The number of hydrogen-bond acceptors (Lipinski definition) is 4. The highest BCUT2D eigenvalue weighted by atomic mass is 35.5. The standard InChI is InChI=1S/C9H8ClN5O/c10-7-2-1-3-8(13-7)14-9(16)4-15-6-11-5-12-15/h1-3,5-6H,4H2,(H,13,14,16). The van der Waals surface area contributed by atoms with E-state index in [2.05, 4.69) is 20.4 Å². The van der Waals surface area contributed by atoms with Crippen LogP contribution in [0.1, 0.15) is 0 Å². The van der Waals surface area contributed by atoms with Gasteiger partial charge in [-0.2, -0.15) is 5.10 Å². The molecule has 0 bridgehead atoms. The van der Waals surface area contributed by atoms with Crippen LogP contribution >= 0.6 is 11.6 Å². The second kappa shape index (κ2) is 4.71. The van der Waals surface area contributed by atoms with Crippen LogP contribution in [0, 0.1) is 0 Å². The van der Waals surface area contributed by atoms with Gasteiger partial charge in [-0.25, -0.2) is 14.6 Å². The van der Waals surface area contributed by atoms with E-state index >= 15 is 0 Å². The van der Waals surface area contributed by atoms with Crippen molar-refractivity contribution in [3.63, 3.8) is 0 Å². The van der Waals surface area contributed by atoms with E-state index in [0.717, 1.165) is 0 Å². The van der Waals surface area contributed by atoms with Gasteiger partial charge in [0.1, 0.15) is 30.2 Å². The molecule has 1 amide bonds. The minimum atomic E-state index is -0.236. The summed E-state index contributed by atoms with van der Waals surface area (Å²) in [6.07, 6.45) is 2.83. The molecule has 2 rings (SSSR count). The molecule has 2 heterocycles. The largest absolute Gasteiger partial charge is 0.309 e. The maximum Gasteiger partial charge on any atom is 0.247 e. The Bertz CT molecular complexity index is 484. The smallest absolute Gasteiger partial charge is 0.247 e. The Morgan fingerprint density at radius 1 is 1.50 bits per heavy atom. The fourth-order valence-corrected chi connectivity index (χ4v) is 1.29. The highest BCUT2D eigenvalue weighted by molar-refractivity contribution is 6.29. The molecule has 0 aliphatic carbocycles. The minimum absolute atomic E-state index is 0.0915. The molecule has 16 heavy (non-hydrogen) atoms. The fourth-order valence-electron chi connectivity index (χ4n) is 1.12. The van der Waals surface area contributed by atoms with Crippen LogP contribution in [0.25, 0.3) is 0 Å². The molecule has 0 atom stereocenters. The Labute approximate surface area is 96.3 Å². The lowest BCUT2D eigenvalue weighted by Gasteiger charge is -2.03. The number of rotatable bonds is 3. The van der Waals surface area contributed by atoms with Crippen LogP contribution in [0.15, 0.2) is 30.9 Å². The van der Waals surface area contributed by atoms with Crippen LogP contribution in [0.5, 0.6) is 0 Å². The van der Waals surface area contributed by atoms with Crippen molar-refractivity contribution in [3.05, 3.63) is 36.0 Å². The van der Waals surface area contributed by atoms with Gasteiger partial charge in [-0.3, -0.25) is 4.79 Å². The zero-order chi connectivity index (χ0) is 11.4. The molecule has 0 fully saturated rings. The topological polar surface area (TPSA) is 72.7 Å². The van der Waals surface area contributed by atoms with Crippen LogP contribution in [-0.2, 0) is 11.3 Å². The van der Waals surface area contributed by atoms with Crippen molar-refractivity contribution in [2.24, 2.45) is 0 Å². The quantitative estimate of drug-likeness (QED) is 0.808. The number of carbonyl (C=O) groups excluding carboxylic acids is 1. The lowest BCUT2D eigenvalue weighted by Crippen LogP contribution is -2.19. The third kappa shape index (κ3) is 2.77. The van der Waals surface area contributed by atoms with E-state index in [1.54, 1.807) is 18.2 Å². The molecule has 6 nitrogen and oxygen atoms in total. The monoisotopic (exact) mass is 237 g/mol. The van der Waals surface area contributed by atoms with Crippen LogP contribution in [0.3, 0.4) is 0 Å². The van der Waals surface area contributed by atoms with Gasteiger partial charge in [-0.1, -0.05) is 17.7 Å². The lowest BCUT2D eigenvalue weighted by atomic mass is 10.4. The number of pyridine rings is 1. The van der Waals surface area contributed by atoms with Gasteiger partial charge in [0.25, 0.3) is 0 Å². The fraction of sp³-hybridized carbons (Fsp3) is 0.111. The van der Waals surface area contributed by atoms with Crippen molar-refractivity contribution >= 4 is 23.3 Å². The Hall–Kier alpha value is -1.95. The van der Waals surface area contributed by atoms with Crippen LogP contribution < -0.4 is 5.32 Å². The minimum Gasteiger partial charge on any atom is -0.309 e. The van der Waals surface area contributed by atoms with Crippen LogP contribution in [-0.4, -0.2) is 25.7 Å². The van der Waals surface area contributed by atoms with Gasteiger partial charge in [-0.15, -0.1) is 0 Å². The van der Waals surface area contributed by atoms with Crippen molar-refractivity contribution in [3.8, 4) is 0 Å². The van der Waals surface area contributed by atoms with Gasteiger partial charge in [0.05, 0.1) is 0 Å². The number of amides is 1. The molecule has 0 aromatic carbocycles. The zero-order valence-corrected chi connectivity index (χ0v) is 8.92. The van der Waals surface area contributed by atoms with Crippen molar-refractivity contribution < 1.29 is 4.79 Å². The third-order valence-corrected chi connectivity index (χ3v) is 1.97. The molecule has 0 aliphatic heterocycles. The Kier molecular flexibility index (Phi) is 3.11. The van der Waals surface area contributed by atoms with Crippen molar-refractivity contribution in [1.82, 2.24) is 19.7 Å². The molecule has 0 saturated heterocycles. The van der Waals surface area contributed by atoms with Gasteiger partial charge in [0.15, 0.2) is 0 Å². The van der Waals surface area contributed by atoms with Gasteiger partial charge in [-0.05, 0) is 12.1 Å². The molecular weight excluding hydrogens is 230 g/mol. The van der Waals surface area contributed by atoms with E-state index in [1.165, 1.54) is 17.3 Å². The molecule has 0 radical (unpaired) electrons. The number of aromatic nitrogens is 4. The van der Waals surface area contributed by atoms with Gasteiger partial charge in [0.2, 0.25) is 5.91 Å². The third-order valence-electron chi connectivity index (χ3n) is 1.75. The summed E-state index contributed by atoms with van der Waals surface area (Å²) in [5.41, 5.74) is 0. The molecular formula is C9H8ClN5O. The van der Waals surface area contributed by atoms with E-state index in [1.807, 2.05) is 0 Å². The van der Waals surface area contributed by atoms with Gasteiger partial charge < -0.3 is 5.32 Å². The molecule has 0 aliphatic rings. The molecule has 2 aromatic heterocycles. The molecule has 0 saturated carbocycles. The summed E-state index contributed by atoms with van der Waals surface area (Å²) in [6, 6.07) is 5.00. The van der Waals surface area contributed by atoms with Crippen molar-refractivity contribution in [2.75, 3.05) is 5.32 Å². The maximum absolute atomic E-state index is 11.5. The van der Waals surface area contributed by atoms with Crippen LogP contribution in [0.4, 0.5) is 5.82 Å². The molecule has 7 heteroatoms. The van der Waals surface area contributed by atoms with E-state index in [-0.39, 0.29) is 12.5 Å². The SMILES string of the molecule is O=C(Cn1cncn1)Nc1cccc(Cl)n1. The second-order valence-electron chi connectivity index (χ2n) is 2.99. The normalized spacial score (nSPS) is 10.1. The summed E-state index contributed by atoms with van der Waals surface area (Å²) in [5, 5.41) is 6.74. The summed E-state index contributed by atoms with van der Waals surface area (Å²) in [5.74, 6) is 0.179. The number of hydrogen-bond donors (Lipinski definition) is 1. The average Bonchev–Trinajstić information content (AvgIpc) is 2.70.